The van der Waals surface area contributed by atoms with Gasteiger partial charge >= 0.3 is 5.97 Å². The van der Waals surface area contributed by atoms with Gasteiger partial charge in [0.1, 0.15) is 16.6 Å². The molecule has 1 atom stereocenters. The van der Waals surface area contributed by atoms with Gasteiger partial charge in [0.05, 0.1) is 12.3 Å². The number of nitrogens with zero attached hydrogens (tertiary/aromatic N) is 5. The summed E-state index contributed by atoms with van der Waals surface area (Å²) in [5, 5.41) is 8.60. The molecule has 8 heteroatoms. The summed E-state index contributed by atoms with van der Waals surface area (Å²) in [5.74, 6) is -0.278. The SMILES string of the molecule is CCOC(=O)[C@@H](C)Sc1ncnc2c1nnn2-c1ccc(C)cc1. The summed E-state index contributed by atoms with van der Waals surface area (Å²) in [7, 11) is 0. The van der Waals surface area contributed by atoms with E-state index in [1.54, 1.807) is 18.5 Å². The van der Waals surface area contributed by atoms with E-state index in [0.29, 0.717) is 22.8 Å². The van der Waals surface area contributed by atoms with Crippen molar-refractivity contribution in [3.05, 3.63) is 36.2 Å². The molecule has 0 radical (unpaired) electrons. The molecular weight excluding hydrogens is 326 g/mol. The minimum atomic E-state index is -0.382. The summed E-state index contributed by atoms with van der Waals surface area (Å²) < 4.78 is 6.69. The van der Waals surface area contributed by atoms with Crippen molar-refractivity contribution in [2.24, 2.45) is 0 Å². The van der Waals surface area contributed by atoms with Crippen molar-refractivity contribution < 1.29 is 9.53 Å². The van der Waals surface area contributed by atoms with E-state index >= 15 is 0 Å². The highest BCUT2D eigenvalue weighted by Crippen LogP contribution is 2.27. The first-order chi connectivity index (χ1) is 11.6. The van der Waals surface area contributed by atoms with Gasteiger partial charge < -0.3 is 4.74 Å². The highest BCUT2D eigenvalue weighted by molar-refractivity contribution is 8.00. The van der Waals surface area contributed by atoms with Crippen LogP contribution in [0.1, 0.15) is 19.4 Å². The van der Waals surface area contributed by atoms with Crippen molar-refractivity contribution in [2.45, 2.75) is 31.0 Å². The Morgan fingerprint density at radius 2 is 2.04 bits per heavy atom. The predicted octanol–water partition coefficient (Wildman–Crippen LogP) is 2.56. The molecule has 0 unspecified atom stereocenters. The first-order valence-electron chi connectivity index (χ1n) is 7.57. The molecule has 2 aromatic heterocycles. The molecule has 7 nitrogen and oxygen atoms in total. The van der Waals surface area contributed by atoms with Gasteiger partial charge in [-0.25, -0.2) is 9.97 Å². The zero-order valence-corrected chi connectivity index (χ0v) is 14.4. The fraction of sp³-hybridized carbons (Fsp3) is 0.312. The standard InChI is InChI=1S/C16H17N5O2S/c1-4-23-16(22)11(3)24-15-13-14(17-9-18-15)21(20-19-13)12-7-5-10(2)6-8-12/h5-9,11H,4H2,1-3H3/t11-/m1/s1. The van der Waals surface area contributed by atoms with Crippen LogP contribution in [-0.4, -0.2) is 42.8 Å². The van der Waals surface area contributed by atoms with Crippen LogP contribution in [0, 0.1) is 6.92 Å². The lowest BCUT2D eigenvalue weighted by molar-refractivity contribution is -0.142. The molecule has 0 spiro atoms. The van der Waals surface area contributed by atoms with Crippen LogP contribution in [0.4, 0.5) is 0 Å². The molecule has 124 valence electrons. The van der Waals surface area contributed by atoms with Gasteiger partial charge in [0.25, 0.3) is 0 Å². The number of aromatic nitrogens is 5. The van der Waals surface area contributed by atoms with Gasteiger partial charge in [-0.2, -0.15) is 4.68 Å². The predicted molar refractivity (Wildman–Crippen MR) is 91.1 cm³/mol. The Morgan fingerprint density at radius 1 is 1.29 bits per heavy atom. The Labute approximate surface area is 143 Å². The lowest BCUT2D eigenvalue weighted by Crippen LogP contribution is -2.16. The van der Waals surface area contributed by atoms with Crippen LogP contribution in [0.3, 0.4) is 0 Å². The summed E-state index contributed by atoms with van der Waals surface area (Å²) in [6.07, 6.45) is 1.45. The molecule has 2 heterocycles. The monoisotopic (exact) mass is 343 g/mol. The number of hydrogen-bond donors (Lipinski definition) is 0. The highest BCUT2D eigenvalue weighted by atomic mass is 32.2. The zero-order valence-electron chi connectivity index (χ0n) is 13.6. The third kappa shape index (κ3) is 3.23. The van der Waals surface area contributed by atoms with Crippen LogP contribution < -0.4 is 0 Å². The van der Waals surface area contributed by atoms with E-state index in [1.807, 2.05) is 31.2 Å². The Morgan fingerprint density at radius 3 is 2.75 bits per heavy atom. The zero-order chi connectivity index (χ0) is 17.1. The van der Waals surface area contributed by atoms with Crippen LogP contribution in [0.2, 0.25) is 0 Å². The van der Waals surface area contributed by atoms with Crippen molar-refractivity contribution in [1.29, 1.82) is 0 Å². The first-order valence-corrected chi connectivity index (χ1v) is 8.45. The van der Waals surface area contributed by atoms with Crippen LogP contribution in [0.15, 0.2) is 35.6 Å². The van der Waals surface area contributed by atoms with E-state index in [1.165, 1.54) is 18.1 Å². The van der Waals surface area contributed by atoms with E-state index in [-0.39, 0.29) is 11.2 Å². The number of carbonyl (C=O) groups excluding carboxylic acids is 1. The molecule has 0 aliphatic carbocycles. The topological polar surface area (TPSA) is 82.8 Å². The number of aryl methyl sites for hydroxylation is 1. The average Bonchev–Trinajstić information content (AvgIpc) is 3.01. The van der Waals surface area contributed by atoms with Gasteiger partial charge in [-0.15, -0.1) is 5.10 Å². The van der Waals surface area contributed by atoms with Crippen molar-refractivity contribution in [3.8, 4) is 5.69 Å². The molecule has 0 aliphatic rings. The van der Waals surface area contributed by atoms with Gasteiger partial charge in [0.15, 0.2) is 11.2 Å². The smallest absolute Gasteiger partial charge is 0.319 e. The number of rotatable bonds is 5. The lowest BCUT2D eigenvalue weighted by Gasteiger charge is -2.09. The molecule has 24 heavy (non-hydrogen) atoms. The Bertz CT molecular complexity index is 863. The quantitative estimate of drug-likeness (QED) is 0.400. The van der Waals surface area contributed by atoms with Crippen LogP contribution in [-0.2, 0) is 9.53 Å². The number of benzene rings is 1. The molecule has 0 bridgehead atoms. The third-order valence-corrected chi connectivity index (χ3v) is 4.46. The van der Waals surface area contributed by atoms with E-state index in [4.69, 9.17) is 4.74 Å². The molecule has 3 aromatic rings. The second kappa shape index (κ2) is 6.96. The summed E-state index contributed by atoms with van der Waals surface area (Å²) >= 11 is 1.29. The molecule has 0 fully saturated rings. The van der Waals surface area contributed by atoms with Crippen LogP contribution >= 0.6 is 11.8 Å². The minimum Gasteiger partial charge on any atom is -0.465 e. The van der Waals surface area contributed by atoms with Gasteiger partial charge in [-0.3, -0.25) is 4.79 Å². The Balaban J connectivity index is 1.94. The summed E-state index contributed by atoms with van der Waals surface area (Å²) in [6.45, 7) is 5.94. The first kappa shape index (κ1) is 16.4. The molecule has 0 N–H and O–H groups in total. The summed E-state index contributed by atoms with van der Waals surface area (Å²) in [6, 6.07) is 7.92. The van der Waals surface area contributed by atoms with Crippen molar-refractivity contribution in [3.63, 3.8) is 0 Å². The number of thioether (sulfide) groups is 1. The van der Waals surface area contributed by atoms with Crippen molar-refractivity contribution in [1.82, 2.24) is 25.0 Å². The Hall–Kier alpha value is -2.48. The largest absolute Gasteiger partial charge is 0.465 e. The summed E-state index contributed by atoms with van der Waals surface area (Å²) in [5.41, 5.74) is 3.21. The maximum absolute atomic E-state index is 11.8. The second-order valence-corrected chi connectivity index (χ2v) is 6.53. The third-order valence-electron chi connectivity index (χ3n) is 3.39. The number of carbonyl (C=O) groups is 1. The molecule has 0 aliphatic heterocycles. The van der Waals surface area contributed by atoms with Gasteiger partial charge in [0.2, 0.25) is 0 Å². The van der Waals surface area contributed by atoms with E-state index in [9.17, 15) is 4.79 Å². The lowest BCUT2D eigenvalue weighted by atomic mass is 10.2. The molecular formula is C16H17N5O2S. The van der Waals surface area contributed by atoms with Crippen LogP contribution in [0.25, 0.3) is 16.9 Å². The summed E-state index contributed by atoms with van der Waals surface area (Å²) in [4.78, 5) is 20.3. The fourth-order valence-corrected chi connectivity index (χ4v) is 3.00. The molecule has 0 saturated carbocycles. The van der Waals surface area contributed by atoms with Gasteiger partial charge in [-0.1, -0.05) is 34.7 Å². The van der Waals surface area contributed by atoms with E-state index in [0.717, 1.165) is 11.3 Å². The minimum absolute atomic E-state index is 0.278. The average molecular weight is 343 g/mol. The highest BCUT2D eigenvalue weighted by Gasteiger charge is 2.20. The molecule has 0 saturated heterocycles. The van der Waals surface area contributed by atoms with Crippen molar-refractivity contribution in [2.75, 3.05) is 6.61 Å². The van der Waals surface area contributed by atoms with Gasteiger partial charge in [0, 0.05) is 0 Å². The second-order valence-electron chi connectivity index (χ2n) is 5.20. The number of esters is 1. The molecule has 1 aromatic carbocycles. The normalized spacial score (nSPS) is 12.3. The van der Waals surface area contributed by atoms with E-state index in [2.05, 4.69) is 20.3 Å². The van der Waals surface area contributed by atoms with Gasteiger partial charge in [-0.05, 0) is 32.9 Å². The number of hydrogen-bond acceptors (Lipinski definition) is 7. The molecule has 3 rings (SSSR count). The van der Waals surface area contributed by atoms with Crippen LogP contribution in [0.5, 0.6) is 0 Å². The molecule has 0 amide bonds. The van der Waals surface area contributed by atoms with E-state index < -0.39 is 0 Å². The fourth-order valence-electron chi connectivity index (χ4n) is 2.15. The maximum atomic E-state index is 11.8. The van der Waals surface area contributed by atoms with Crippen molar-refractivity contribution >= 4 is 28.9 Å². The Kier molecular flexibility index (Phi) is 4.75. The number of fused-ring (bicyclic) bond motifs is 1. The number of ether oxygens (including phenoxy) is 1. The maximum Gasteiger partial charge on any atom is 0.319 e.